The van der Waals surface area contributed by atoms with Crippen LogP contribution in [0.1, 0.15) is 11.3 Å². The first-order chi connectivity index (χ1) is 14.6. The second-order valence-corrected chi connectivity index (χ2v) is 6.94. The molecule has 0 aliphatic carbocycles. The van der Waals surface area contributed by atoms with E-state index in [9.17, 15) is 5.11 Å². The van der Waals surface area contributed by atoms with Crippen LogP contribution in [0.5, 0.6) is 11.5 Å². The first kappa shape index (κ1) is 19.8. The van der Waals surface area contributed by atoms with Gasteiger partial charge in [-0.3, -0.25) is 0 Å². The summed E-state index contributed by atoms with van der Waals surface area (Å²) in [6.45, 7) is 4.32. The van der Waals surface area contributed by atoms with E-state index < -0.39 is 6.10 Å². The molecule has 2 N–H and O–H groups in total. The highest BCUT2D eigenvalue weighted by Crippen LogP contribution is 2.26. The second-order valence-electron chi connectivity index (χ2n) is 6.94. The molecular weight excluding hydrogens is 384 g/mol. The second kappa shape index (κ2) is 8.46. The zero-order valence-electron chi connectivity index (χ0n) is 17.1. The molecule has 0 bridgehead atoms. The monoisotopic (exact) mass is 408 g/mol. The van der Waals surface area contributed by atoms with E-state index in [0.29, 0.717) is 28.6 Å². The van der Waals surface area contributed by atoms with Gasteiger partial charge in [-0.15, -0.1) is 0 Å². The molecule has 1 atom stereocenters. The van der Waals surface area contributed by atoms with Crippen LogP contribution in [-0.2, 0) is 0 Å². The lowest BCUT2D eigenvalue weighted by Gasteiger charge is -2.17. The minimum Gasteiger partial charge on any atom is -0.493 e. The minimum absolute atomic E-state index is 0.121. The molecule has 1 aromatic carbocycles. The van der Waals surface area contributed by atoms with Crippen LogP contribution in [0.2, 0.25) is 0 Å². The molecule has 8 heteroatoms. The summed E-state index contributed by atoms with van der Waals surface area (Å²) in [6, 6.07) is 12.9. The number of hydrogen-bond donors (Lipinski definition) is 2. The summed E-state index contributed by atoms with van der Waals surface area (Å²) >= 11 is 0. The number of aliphatic hydroxyl groups is 1. The van der Waals surface area contributed by atoms with Gasteiger partial charge < -0.3 is 24.3 Å². The third kappa shape index (κ3) is 3.95. The van der Waals surface area contributed by atoms with Gasteiger partial charge in [-0.2, -0.15) is 9.61 Å². The molecule has 0 spiro atoms. The van der Waals surface area contributed by atoms with Crippen molar-refractivity contribution in [3.05, 3.63) is 60.0 Å². The average Bonchev–Trinajstić information content (AvgIpc) is 3.42. The summed E-state index contributed by atoms with van der Waals surface area (Å²) in [5.74, 6) is 2.66. The molecule has 8 nitrogen and oxygen atoms in total. The maximum absolute atomic E-state index is 10.4. The van der Waals surface area contributed by atoms with Crippen molar-refractivity contribution in [2.45, 2.75) is 20.0 Å². The van der Waals surface area contributed by atoms with Crippen molar-refractivity contribution < 1.29 is 19.0 Å². The van der Waals surface area contributed by atoms with Crippen molar-refractivity contribution in [3.8, 4) is 23.0 Å². The van der Waals surface area contributed by atoms with Crippen LogP contribution in [0.3, 0.4) is 0 Å². The first-order valence-electron chi connectivity index (χ1n) is 9.65. The van der Waals surface area contributed by atoms with Gasteiger partial charge >= 0.3 is 0 Å². The van der Waals surface area contributed by atoms with Crippen molar-refractivity contribution in [3.63, 3.8) is 0 Å². The number of aromatic nitrogens is 3. The Morgan fingerprint density at radius 3 is 2.70 bits per heavy atom. The van der Waals surface area contributed by atoms with E-state index in [2.05, 4.69) is 15.4 Å². The molecule has 30 heavy (non-hydrogen) atoms. The Kier molecular flexibility index (Phi) is 5.58. The molecule has 3 heterocycles. The Balaban J connectivity index is 1.49. The van der Waals surface area contributed by atoms with Crippen LogP contribution in [-0.4, -0.2) is 46.1 Å². The van der Waals surface area contributed by atoms with Crippen LogP contribution in [0.15, 0.2) is 53.1 Å². The topological polar surface area (TPSA) is 94.0 Å². The Hall–Kier alpha value is -3.52. The average molecular weight is 408 g/mol. The zero-order chi connectivity index (χ0) is 21.1. The molecule has 0 fully saturated rings. The number of aliphatic hydroxyl groups excluding tert-OH is 1. The molecule has 4 aromatic rings. The maximum atomic E-state index is 10.4. The molecule has 0 amide bonds. The van der Waals surface area contributed by atoms with Gasteiger partial charge in [0.2, 0.25) is 0 Å². The number of aryl methyl sites for hydroxylation is 1. The lowest BCUT2D eigenvalue weighted by atomic mass is 10.2. The van der Waals surface area contributed by atoms with Crippen LogP contribution in [0, 0.1) is 13.8 Å². The molecular formula is C22H24N4O4. The minimum atomic E-state index is -0.738. The lowest BCUT2D eigenvalue weighted by molar-refractivity contribution is 0.115. The number of ether oxygens (including phenoxy) is 2. The fourth-order valence-corrected chi connectivity index (χ4v) is 3.15. The molecule has 0 aliphatic rings. The number of benzene rings is 1. The highest BCUT2D eigenvalue weighted by molar-refractivity contribution is 5.63. The summed E-state index contributed by atoms with van der Waals surface area (Å²) in [5, 5.41) is 18.3. The number of methoxy groups -OCH3 is 1. The van der Waals surface area contributed by atoms with Crippen LogP contribution < -0.4 is 14.8 Å². The number of nitrogens with one attached hydrogen (secondary N) is 1. The Labute approximate surface area is 174 Å². The molecule has 0 saturated carbocycles. The normalized spacial score (nSPS) is 12.1. The van der Waals surface area contributed by atoms with E-state index in [0.717, 1.165) is 17.1 Å². The van der Waals surface area contributed by atoms with E-state index in [1.165, 1.54) is 0 Å². The van der Waals surface area contributed by atoms with Gasteiger partial charge in [-0.05, 0) is 38.1 Å². The van der Waals surface area contributed by atoms with Gasteiger partial charge in [0.1, 0.15) is 24.2 Å². The van der Waals surface area contributed by atoms with Crippen LogP contribution in [0.4, 0.5) is 5.82 Å². The largest absolute Gasteiger partial charge is 0.493 e. The van der Waals surface area contributed by atoms with Gasteiger partial charge in [-0.1, -0.05) is 12.1 Å². The molecule has 0 aliphatic heterocycles. The number of fused-ring (bicyclic) bond motifs is 1. The van der Waals surface area contributed by atoms with Gasteiger partial charge in [0, 0.05) is 23.9 Å². The molecule has 156 valence electrons. The van der Waals surface area contributed by atoms with Gasteiger partial charge in [-0.25, -0.2) is 4.98 Å². The summed E-state index contributed by atoms with van der Waals surface area (Å²) in [4.78, 5) is 4.61. The number of anilines is 1. The third-order valence-electron chi connectivity index (χ3n) is 4.86. The van der Waals surface area contributed by atoms with Crippen molar-refractivity contribution in [1.82, 2.24) is 14.6 Å². The summed E-state index contributed by atoms with van der Waals surface area (Å²) in [6.07, 6.45) is 0.874. The maximum Gasteiger partial charge on any atom is 0.161 e. The fraction of sp³-hybridized carbons (Fsp3) is 0.273. The van der Waals surface area contributed by atoms with E-state index in [1.807, 2.05) is 50.2 Å². The predicted octanol–water partition coefficient (Wildman–Crippen LogP) is 3.47. The van der Waals surface area contributed by atoms with Crippen molar-refractivity contribution in [2.75, 3.05) is 25.6 Å². The van der Waals surface area contributed by atoms with Gasteiger partial charge in [0.05, 0.1) is 13.4 Å². The van der Waals surface area contributed by atoms with Crippen molar-refractivity contribution in [1.29, 1.82) is 0 Å². The van der Waals surface area contributed by atoms with E-state index in [4.69, 9.17) is 13.9 Å². The zero-order valence-corrected chi connectivity index (χ0v) is 17.1. The summed E-state index contributed by atoms with van der Waals surface area (Å²) < 4.78 is 18.2. The van der Waals surface area contributed by atoms with E-state index in [1.54, 1.807) is 24.0 Å². The standard InChI is InChI=1S/C22H24N4O4/c1-14-15(2)24-21-11-17(18-9-6-10-29-18)25-26(21)22(14)23-12-16(27)13-30-20-8-5-4-7-19(20)28-3/h4-11,16,23,27H,12-13H2,1-3H3/t16-/m1/s1. The number of rotatable bonds is 8. The SMILES string of the molecule is COc1ccccc1OC[C@H](O)CNc1c(C)c(C)nc2cc(-c3ccco3)nn12. The highest BCUT2D eigenvalue weighted by Gasteiger charge is 2.16. The molecule has 0 radical (unpaired) electrons. The smallest absolute Gasteiger partial charge is 0.161 e. The molecule has 0 unspecified atom stereocenters. The summed E-state index contributed by atoms with van der Waals surface area (Å²) in [7, 11) is 1.58. The molecule has 4 rings (SSSR count). The van der Waals surface area contributed by atoms with Crippen molar-refractivity contribution >= 4 is 11.5 Å². The number of nitrogens with zero attached hydrogens (tertiary/aromatic N) is 3. The van der Waals surface area contributed by atoms with Crippen LogP contribution >= 0.6 is 0 Å². The number of hydrogen-bond acceptors (Lipinski definition) is 7. The Bertz CT molecular complexity index is 1140. The van der Waals surface area contributed by atoms with E-state index >= 15 is 0 Å². The predicted molar refractivity (Wildman–Crippen MR) is 113 cm³/mol. The first-order valence-corrected chi connectivity index (χ1v) is 9.65. The van der Waals surface area contributed by atoms with Crippen molar-refractivity contribution in [2.24, 2.45) is 0 Å². The van der Waals surface area contributed by atoms with Crippen LogP contribution in [0.25, 0.3) is 17.1 Å². The number of furan rings is 1. The Morgan fingerprint density at radius 2 is 1.97 bits per heavy atom. The number of para-hydroxylation sites is 2. The lowest BCUT2D eigenvalue weighted by Crippen LogP contribution is -2.27. The third-order valence-corrected chi connectivity index (χ3v) is 4.86. The molecule has 3 aromatic heterocycles. The Morgan fingerprint density at radius 1 is 1.17 bits per heavy atom. The van der Waals surface area contributed by atoms with Gasteiger partial charge in [0.15, 0.2) is 22.9 Å². The van der Waals surface area contributed by atoms with Gasteiger partial charge in [0.25, 0.3) is 0 Å². The quantitative estimate of drug-likeness (QED) is 0.461. The fourth-order valence-electron chi connectivity index (χ4n) is 3.15. The summed E-state index contributed by atoms with van der Waals surface area (Å²) in [5.41, 5.74) is 3.23. The highest BCUT2D eigenvalue weighted by atomic mass is 16.5. The molecule has 0 saturated heterocycles. The van der Waals surface area contributed by atoms with E-state index in [-0.39, 0.29) is 13.2 Å².